The molecule has 0 N–H and O–H groups in total. The first kappa shape index (κ1) is 22.0. The van der Waals surface area contributed by atoms with Crippen LogP contribution in [0.2, 0.25) is 0 Å². The summed E-state index contributed by atoms with van der Waals surface area (Å²) in [5.74, 6) is 0.723. The molecule has 0 spiro atoms. The van der Waals surface area contributed by atoms with E-state index < -0.39 is 0 Å². The Morgan fingerprint density at radius 1 is 0.971 bits per heavy atom. The van der Waals surface area contributed by atoms with Gasteiger partial charge in [-0.1, -0.05) is 74.0 Å². The van der Waals surface area contributed by atoms with Gasteiger partial charge in [0.2, 0.25) is 0 Å². The molecule has 2 aliphatic carbocycles. The van der Waals surface area contributed by atoms with Crippen molar-refractivity contribution in [2.24, 2.45) is 10.9 Å². The summed E-state index contributed by atoms with van der Waals surface area (Å²) < 4.78 is 0. The number of benzene rings is 3. The van der Waals surface area contributed by atoms with Gasteiger partial charge in [-0.25, -0.2) is 0 Å². The van der Waals surface area contributed by atoms with Crippen LogP contribution in [-0.4, -0.2) is 11.1 Å². The second-order valence-electron chi connectivity index (χ2n) is 9.03. The lowest BCUT2D eigenvalue weighted by Crippen LogP contribution is -2.24. The van der Waals surface area contributed by atoms with Crippen molar-refractivity contribution in [3.8, 4) is 0 Å². The molecule has 4 heteroatoms. The van der Waals surface area contributed by atoms with Crippen LogP contribution >= 0.6 is 0 Å². The van der Waals surface area contributed by atoms with E-state index in [0.717, 1.165) is 42.0 Å². The first-order chi connectivity index (χ1) is 16.7. The Hall–Kier alpha value is -3.79. The van der Waals surface area contributed by atoms with Crippen LogP contribution in [0.4, 0.5) is 5.69 Å². The summed E-state index contributed by atoms with van der Waals surface area (Å²) in [5.41, 5.74) is 5.66. The molecule has 0 aromatic heterocycles. The van der Waals surface area contributed by atoms with E-state index in [1.54, 1.807) is 12.1 Å². The Morgan fingerprint density at radius 3 is 2.71 bits per heavy atom. The standard InChI is InChI=1S/C20H19NO2.C10H9N/c1-2-13-6-7-14-8-9-16-15-4-3-5-20(21(22)23)18(15)11-10-17(16)19(14)12-13;1-2-4-10-6-8-11-7-5-9(10)3-1/h3-5,7-9,11,13H,2,6,10,12H2,1H3;1-5,7-8H,6H2. The molecular weight excluding hydrogens is 420 g/mol. The molecule has 34 heavy (non-hydrogen) atoms. The highest BCUT2D eigenvalue weighted by atomic mass is 16.6. The summed E-state index contributed by atoms with van der Waals surface area (Å²) in [5, 5.41) is 15.6. The molecular formula is C30H28N2O2. The largest absolute Gasteiger partial charge is 0.276 e. The van der Waals surface area contributed by atoms with Crippen LogP contribution in [0, 0.1) is 26.5 Å². The van der Waals surface area contributed by atoms with Crippen molar-refractivity contribution in [3.63, 3.8) is 0 Å². The molecule has 0 fully saturated rings. The fourth-order valence-corrected chi connectivity index (χ4v) is 5.19. The highest BCUT2D eigenvalue weighted by Crippen LogP contribution is 2.23. The molecule has 4 nitrogen and oxygen atoms in total. The minimum Gasteiger partial charge on any atom is -0.269 e. The fraction of sp³-hybridized carbons (Fsp3) is 0.233. The summed E-state index contributed by atoms with van der Waals surface area (Å²) in [7, 11) is 0. The van der Waals surface area contributed by atoms with E-state index in [1.807, 2.05) is 30.6 Å². The number of nitrogens with zero attached hydrogens (tertiary/aromatic N) is 2. The maximum atomic E-state index is 11.3. The van der Waals surface area contributed by atoms with Gasteiger partial charge >= 0.3 is 0 Å². The molecule has 1 unspecified atom stereocenters. The second kappa shape index (κ2) is 9.60. The number of fused-ring (bicyclic) bond motifs is 5. The topological polar surface area (TPSA) is 55.5 Å². The predicted molar refractivity (Wildman–Crippen MR) is 139 cm³/mol. The Morgan fingerprint density at radius 2 is 1.85 bits per heavy atom. The zero-order valence-electron chi connectivity index (χ0n) is 19.4. The van der Waals surface area contributed by atoms with Crippen LogP contribution in [0.5, 0.6) is 0 Å². The van der Waals surface area contributed by atoms with Gasteiger partial charge in [-0.05, 0) is 69.2 Å². The van der Waals surface area contributed by atoms with E-state index >= 15 is 0 Å². The van der Waals surface area contributed by atoms with E-state index in [-0.39, 0.29) is 10.6 Å². The molecule has 1 aliphatic heterocycles. The molecule has 0 saturated heterocycles. The summed E-state index contributed by atoms with van der Waals surface area (Å²) in [6, 6.07) is 18.1. The number of non-ortho nitro benzene ring substituents is 1. The quantitative estimate of drug-likeness (QED) is 0.397. The van der Waals surface area contributed by atoms with Crippen LogP contribution in [-0.2, 0) is 19.3 Å². The van der Waals surface area contributed by atoms with Gasteiger partial charge in [0, 0.05) is 24.9 Å². The van der Waals surface area contributed by atoms with Gasteiger partial charge in [-0.3, -0.25) is 15.1 Å². The highest BCUT2D eigenvalue weighted by Gasteiger charge is 2.18. The van der Waals surface area contributed by atoms with Crippen LogP contribution in [0.1, 0.15) is 42.0 Å². The summed E-state index contributed by atoms with van der Waals surface area (Å²) >= 11 is 0. The SMILES string of the molecule is C1=Cc2ccccc2CC=N1.CCC1CC=c2ccc3c(c2C1)CC=c1c([N+](=O)[O-])cccc1=3. The number of aliphatic imine (C=N–C) groups is 1. The Kier molecular flexibility index (Phi) is 6.22. The monoisotopic (exact) mass is 448 g/mol. The van der Waals surface area contributed by atoms with Gasteiger partial charge in [0.05, 0.1) is 10.1 Å². The predicted octanol–water partition coefficient (Wildman–Crippen LogP) is 5.26. The Bertz CT molecular complexity index is 1530. The number of nitro benzene ring substituents is 1. The lowest BCUT2D eigenvalue weighted by Gasteiger charge is -2.22. The van der Waals surface area contributed by atoms with Crippen molar-refractivity contribution in [1.29, 1.82) is 0 Å². The van der Waals surface area contributed by atoms with E-state index in [9.17, 15) is 10.1 Å². The van der Waals surface area contributed by atoms with Gasteiger partial charge in [-0.15, -0.1) is 0 Å². The first-order valence-corrected chi connectivity index (χ1v) is 12.0. The fourth-order valence-electron chi connectivity index (χ4n) is 5.19. The van der Waals surface area contributed by atoms with Crippen LogP contribution in [0.3, 0.4) is 0 Å². The van der Waals surface area contributed by atoms with Crippen LogP contribution in [0.15, 0.2) is 65.8 Å². The van der Waals surface area contributed by atoms with E-state index in [0.29, 0.717) is 0 Å². The average molecular weight is 449 g/mol. The van der Waals surface area contributed by atoms with E-state index in [2.05, 4.69) is 54.4 Å². The third kappa shape index (κ3) is 4.24. The van der Waals surface area contributed by atoms with Gasteiger partial charge < -0.3 is 0 Å². The molecule has 1 heterocycles. The van der Waals surface area contributed by atoms with Crippen LogP contribution in [0.25, 0.3) is 18.2 Å². The number of nitro groups is 1. The smallest absolute Gasteiger partial charge is 0.269 e. The minimum atomic E-state index is -0.278. The maximum absolute atomic E-state index is 11.3. The number of hydrogen-bond donors (Lipinski definition) is 0. The van der Waals surface area contributed by atoms with Gasteiger partial charge in [0.15, 0.2) is 0 Å². The van der Waals surface area contributed by atoms with Crippen molar-refractivity contribution >= 4 is 30.1 Å². The average Bonchev–Trinajstić information content (AvgIpc) is 3.13. The molecule has 0 amide bonds. The molecule has 3 aromatic rings. The lowest BCUT2D eigenvalue weighted by atomic mass is 9.83. The van der Waals surface area contributed by atoms with Crippen molar-refractivity contribution < 1.29 is 4.92 Å². The summed E-state index contributed by atoms with van der Waals surface area (Å²) in [6.45, 7) is 2.25. The van der Waals surface area contributed by atoms with E-state index in [1.165, 1.54) is 39.1 Å². The maximum Gasteiger partial charge on any atom is 0.276 e. The summed E-state index contributed by atoms with van der Waals surface area (Å²) in [4.78, 5) is 15.1. The molecule has 0 bridgehead atoms. The zero-order chi connectivity index (χ0) is 23.5. The molecule has 3 aliphatic rings. The normalized spacial score (nSPS) is 16.8. The summed E-state index contributed by atoms with van der Waals surface area (Å²) in [6.07, 6.45) is 15.4. The van der Waals surface area contributed by atoms with Gasteiger partial charge in [0.25, 0.3) is 5.69 Å². The van der Waals surface area contributed by atoms with Crippen molar-refractivity contribution in [1.82, 2.24) is 0 Å². The van der Waals surface area contributed by atoms with Gasteiger partial charge in [-0.2, -0.15) is 0 Å². The highest BCUT2D eigenvalue weighted by molar-refractivity contribution is 5.69. The second-order valence-corrected chi connectivity index (χ2v) is 9.03. The first-order valence-electron chi connectivity index (χ1n) is 12.0. The molecule has 1 atom stereocenters. The number of hydrogen-bond acceptors (Lipinski definition) is 3. The third-order valence-electron chi connectivity index (χ3n) is 7.10. The molecule has 6 rings (SSSR count). The Balaban J connectivity index is 0.000000183. The van der Waals surface area contributed by atoms with Crippen LogP contribution < -0.4 is 10.4 Å². The molecule has 0 radical (unpaired) electrons. The van der Waals surface area contributed by atoms with Crippen molar-refractivity contribution in [3.05, 3.63) is 114 Å². The zero-order valence-corrected chi connectivity index (χ0v) is 19.4. The number of rotatable bonds is 2. The minimum absolute atomic E-state index is 0.212. The third-order valence-corrected chi connectivity index (χ3v) is 7.10. The molecule has 170 valence electrons. The lowest BCUT2D eigenvalue weighted by molar-refractivity contribution is -0.385. The van der Waals surface area contributed by atoms with Crippen molar-refractivity contribution in [2.45, 2.75) is 39.0 Å². The molecule has 0 saturated carbocycles. The Labute approximate surface area is 199 Å². The van der Waals surface area contributed by atoms with Gasteiger partial charge in [0.1, 0.15) is 0 Å². The van der Waals surface area contributed by atoms with E-state index in [4.69, 9.17) is 0 Å². The van der Waals surface area contributed by atoms with Crippen molar-refractivity contribution in [2.75, 3.05) is 0 Å². The molecule has 3 aromatic carbocycles.